The molecule has 0 saturated carbocycles. The van der Waals surface area contributed by atoms with E-state index in [0.717, 1.165) is 47.0 Å². The fourth-order valence-corrected chi connectivity index (χ4v) is 2.99. The van der Waals surface area contributed by atoms with E-state index in [0.29, 0.717) is 0 Å². The molecule has 0 amide bonds. The number of aromatic nitrogens is 5. The van der Waals surface area contributed by atoms with Crippen LogP contribution in [0.5, 0.6) is 0 Å². The van der Waals surface area contributed by atoms with Crippen molar-refractivity contribution in [3.8, 4) is 22.4 Å². The van der Waals surface area contributed by atoms with Crippen molar-refractivity contribution < 1.29 is 0 Å². The van der Waals surface area contributed by atoms with Crippen LogP contribution >= 0.6 is 0 Å². The average molecular weight is 343 g/mol. The Morgan fingerprint density at radius 3 is 2.50 bits per heavy atom. The van der Waals surface area contributed by atoms with Crippen LogP contribution in [0.4, 0.5) is 0 Å². The van der Waals surface area contributed by atoms with Gasteiger partial charge in [-0.15, -0.1) is 0 Å². The Labute approximate surface area is 153 Å². The summed E-state index contributed by atoms with van der Waals surface area (Å²) in [5.74, 6) is 1.02. The highest BCUT2D eigenvalue weighted by molar-refractivity contribution is 5.70. The van der Waals surface area contributed by atoms with Crippen LogP contribution in [0.15, 0.2) is 67.3 Å². The van der Waals surface area contributed by atoms with Gasteiger partial charge in [0.25, 0.3) is 0 Å². The molecular formula is C21H21N5. The van der Waals surface area contributed by atoms with Gasteiger partial charge in [0.15, 0.2) is 0 Å². The minimum Gasteiger partial charge on any atom is -0.333 e. The lowest BCUT2D eigenvalue weighted by Crippen LogP contribution is -2.08. The zero-order valence-electron chi connectivity index (χ0n) is 15.0. The van der Waals surface area contributed by atoms with Crippen LogP contribution in [0.25, 0.3) is 22.4 Å². The van der Waals surface area contributed by atoms with E-state index < -0.39 is 0 Å². The van der Waals surface area contributed by atoms with E-state index >= 15 is 0 Å². The SMILES string of the molecule is Cc1ccc(-c2cccc(-c3ccn(CCn4ccnc4C)n3)c2)cn1. The molecule has 3 aromatic heterocycles. The molecule has 0 N–H and O–H groups in total. The predicted octanol–water partition coefficient (Wildman–Crippen LogP) is 4.13. The number of imidazole rings is 1. The van der Waals surface area contributed by atoms with Crippen LogP contribution in [0.3, 0.4) is 0 Å². The molecule has 0 fully saturated rings. The lowest BCUT2D eigenvalue weighted by molar-refractivity contribution is 0.527. The van der Waals surface area contributed by atoms with Crippen molar-refractivity contribution in [2.45, 2.75) is 26.9 Å². The van der Waals surface area contributed by atoms with Crippen molar-refractivity contribution >= 4 is 0 Å². The third-order valence-corrected chi connectivity index (χ3v) is 4.54. The minimum absolute atomic E-state index is 0.818. The minimum atomic E-state index is 0.818. The predicted molar refractivity (Wildman–Crippen MR) is 103 cm³/mol. The Kier molecular flexibility index (Phi) is 4.35. The third-order valence-electron chi connectivity index (χ3n) is 4.54. The summed E-state index contributed by atoms with van der Waals surface area (Å²) in [6, 6.07) is 14.6. The van der Waals surface area contributed by atoms with Crippen LogP contribution < -0.4 is 0 Å². The molecule has 0 spiro atoms. The molecular weight excluding hydrogens is 322 g/mol. The number of rotatable bonds is 5. The lowest BCUT2D eigenvalue weighted by Gasteiger charge is -2.06. The second kappa shape index (κ2) is 6.96. The van der Waals surface area contributed by atoms with Gasteiger partial charge in [-0.2, -0.15) is 5.10 Å². The molecule has 0 atom stereocenters. The van der Waals surface area contributed by atoms with Crippen LogP contribution in [-0.2, 0) is 13.1 Å². The summed E-state index contributed by atoms with van der Waals surface area (Å²) in [6.45, 7) is 5.69. The second-order valence-corrected chi connectivity index (χ2v) is 6.40. The molecule has 0 bridgehead atoms. The Bertz CT molecular complexity index is 1010. The standard InChI is InChI=1S/C21H21N5/c1-16-6-7-20(15-23-16)18-4-3-5-19(14-18)21-8-10-26(24-21)13-12-25-11-9-22-17(25)2/h3-11,14-15H,12-13H2,1-2H3. The molecule has 0 aliphatic rings. The Morgan fingerprint density at radius 1 is 0.846 bits per heavy atom. The quantitative estimate of drug-likeness (QED) is 0.547. The maximum Gasteiger partial charge on any atom is 0.105 e. The van der Waals surface area contributed by atoms with Crippen LogP contribution in [-0.4, -0.2) is 24.3 Å². The number of nitrogens with zero attached hydrogens (tertiary/aromatic N) is 5. The Hall–Kier alpha value is -3.21. The number of aryl methyl sites for hydroxylation is 4. The number of hydrogen-bond donors (Lipinski definition) is 0. The monoisotopic (exact) mass is 343 g/mol. The van der Waals surface area contributed by atoms with Crippen molar-refractivity contribution in [2.75, 3.05) is 0 Å². The van der Waals surface area contributed by atoms with Crippen molar-refractivity contribution in [3.63, 3.8) is 0 Å². The maximum atomic E-state index is 4.73. The summed E-state index contributed by atoms with van der Waals surface area (Å²) in [4.78, 5) is 8.64. The van der Waals surface area contributed by atoms with E-state index in [1.54, 1.807) is 0 Å². The molecule has 0 aliphatic heterocycles. The summed E-state index contributed by atoms with van der Waals surface area (Å²) >= 11 is 0. The largest absolute Gasteiger partial charge is 0.333 e. The molecule has 130 valence electrons. The van der Waals surface area contributed by atoms with Gasteiger partial charge >= 0.3 is 0 Å². The van der Waals surface area contributed by atoms with E-state index in [4.69, 9.17) is 5.10 Å². The fourth-order valence-electron chi connectivity index (χ4n) is 2.99. The molecule has 3 heterocycles. The summed E-state index contributed by atoms with van der Waals surface area (Å²) < 4.78 is 4.11. The molecule has 0 unspecified atom stereocenters. The maximum absolute atomic E-state index is 4.73. The number of pyridine rings is 1. The lowest BCUT2D eigenvalue weighted by atomic mass is 10.0. The molecule has 0 aliphatic carbocycles. The first-order chi connectivity index (χ1) is 12.7. The smallest absolute Gasteiger partial charge is 0.105 e. The van der Waals surface area contributed by atoms with Gasteiger partial charge in [-0.25, -0.2) is 4.98 Å². The molecule has 4 rings (SSSR count). The van der Waals surface area contributed by atoms with Gasteiger partial charge in [0.05, 0.1) is 12.2 Å². The van der Waals surface area contributed by atoms with Crippen LogP contribution in [0.2, 0.25) is 0 Å². The molecule has 26 heavy (non-hydrogen) atoms. The van der Waals surface area contributed by atoms with Crippen LogP contribution in [0, 0.1) is 13.8 Å². The Balaban J connectivity index is 1.53. The normalized spacial score (nSPS) is 11.0. The van der Waals surface area contributed by atoms with Gasteiger partial charge in [-0.1, -0.05) is 24.3 Å². The second-order valence-electron chi connectivity index (χ2n) is 6.40. The van der Waals surface area contributed by atoms with E-state index in [-0.39, 0.29) is 0 Å². The van der Waals surface area contributed by atoms with Gasteiger partial charge in [0, 0.05) is 48.2 Å². The summed E-state index contributed by atoms with van der Waals surface area (Å²) in [5, 5.41) is 4.73. The van der Waals surface area contributed by atoms with E-state index in [2.05, 4.69) is 50.9 Å². The average Bonchev–Trinajstić information content (AvgIpc) is 3.30. The van der Waals surface area contributed by atoms with Crippen molar-refractivity contribution in [1.82, 2.24) is 24.3 Å². The molecule has 1 aromatic carbocycles. The zero-order valence-corrected chi connectivity index (χ0v) is 15.0. The topological polar surface area (TPSA) is 48.5 Å². The highest BCUT2D eigenvalue weighted by Gasteiger charge is 2.06. The molecule has 0 saturated heterocycles. The van der Waals surface area contributed by atoms with Gasteiger partial charge < -0.3 is 4.57 Å². The van der Waals surface area contributed by atoms with E-state index in [1.165, 1.54) is 0 Å². The van der Waals surface area contributed by atoms with Crippen LogP contribution in [0.1, 0.15) is 11.5 Å². The fraction of sp³-hybridized carbons (Fsp3) is 0.190. The third kappa shape index (κ3) is 3.42. The highest BCUT2D eigenvalue weighted by Crippen LogP contribution is 2.25. The Morgan fingerprint density at radius 2 is 1.73 bits per heavy atom. The summed E-state index contributed by atoms with van der Waals surface area (Å²) in [6.07, 6.45) is 7.77. The van der Waals surface area contributed by atoms with Crippen molar-refractivity contribution in [1.29, 1.82) is 0 Å². The molecule has 5 nitrogen and oxygen atoms in total. The zero-order chi connectivity index (χ0) is 17.9. The number of hydrogen-bond acceptors (Lipinski definition) is 3. The first-order valence-corrected chi connectivity index (χ1v) is 8.74. The van der Waals surface area contributed by atoms with Gasteiger partial charge in [-0.3, -0.25) is 9.67 Å². The summed E-state index contributed by atoms with van der Waals surface area (Å²) in [5.41, 5.74) is 5.39. The molecule has 4 aromatic rings. The van der Waals surface area contributed by atoms with Gasteiger partial charge in [0.2, 0.25) is 0 Å². The molecule has 0 radical (unpaired) electrons. The summed E-state index contributed by atoms with van der Waals surface area (Å²) in [7, 11) is 0. The number of benzene rings is 1. The van der Waals surface area contributed by atoms with E-state index in [1.807, 2.05) is 49.4 Å². The first kappa shape index (κ1) is 16.3. The van der Waals surface area contributed by atoms with Crippen molar-refractivity contribution in [3.05, 3.63) is 78.8 Å². The van der Waals surface area contributed by atoms with Gasteiger partial charge in [-0.05, 0) is 37.6 Å². The van der Waals surface area contributed by atoms with Crippen molar-refractivity contribution in [2.24, 2.45) is 0 Å². The first-order valence-electron chi connectivity index (χ1n) is 8.74. The highest BCUT2D eigenvalue weighted by atomic mass is 15.3. The van der Waals surface area contributed by atoms with E-state index in [9.17, 15) is 0 Å². The van der Waals surface area contributed by atoms with Gasteiger partial charge in [0.1, 0.15) is 5.82 Å². The molecule has 5 heteroatoms.